The van der Waals surface area contributed by atoms with Crippen LogP contribution >= 0.6 is 15.9 Å². The van der Waals surface area contributed by atoms with Gasteiger partial charge in [0.05, 0.1) is 12.3 Å². The Morgan fingerprint density at radius 2 is 2.15 bits per heavy atom. The summed E-state index contributed by atoms with van der Waals surface area (Å²) in [7, 11) is 0. The number of aliphatic hydroxyl groups excluding tert-OH is 1. The highest BCUT2D eigenvalue weighted by atomic mass is 79.9. The lowest BCUT2D eigenvalue weighted by atomic mass is 10.1. The molecule has 0 saturated carbocycles. The van der Waals surface area contributed by atoms with Gasteiger partial charge in [-0.2, -0.15) is 0 Å². The van der Waals surface area contributed by atoms with Gasteiger partial charge in [0.1, 0.15) is 0 Å². The number of halogens is 1. The second-order valence-electron chi connectivity index (χ2n) is 4.33. The monoisotopic (exact) mass is 334 g/mol. The van der Waals surface area contributed by atoms with E-state index in [2.05, 4.69) is 26.2 Å². The first-order chi connectivity index (χ1) is 9.69. The molecular formula is C15H15BrN2O2. The van der Waals surface area contributed by atoms with Gasteiger partial charge in [0.2, 0.25) is 0 Å². The Morgan fingerprint density at radius 3 is 2.90 bits per heavy atom. The van der Waals surface area contributed by atoms with Crippen LogP contribution in [0.5, 0.6) is 0 Å². The number of hydrogen-bond donors (Lipinski definition) is 2. The van der Waals surface area contributed by atoms with Crippen molar-refractivity contribution < 1.29 is 9.90 Å². The van der Waals surface area contributed by atoms with E-state index in [-0.39, 0.29) is 12.5 Å². The SMILES string of the molecule is O=C(NCCc1cccc(Br)c1)c1ccnc(CO)c1. The zero-order chi connectivity index (χ0) is 14.4. The lowest BCUT2D eigenvalue weighted by Crippen LogP contribution is -2.25. The third-order valence-corrected chi connectivity index (χ3v) is 3.32. The van der Waals surface area contributed by atoms with E-state index in [9.17, 15) is 4.79 Å². The van der Waals surface area contributed by atoms with Gasteiger partial charge in [0, 0.05) is 22.8 Å². The molecule has 0 atom stereocenters. The third kappa shape index (κ3) is 4.15. The number of pyridine rings is 1. The van der Waals surface area contributed by atoms with Crippen LogP contribution in [0.15, 0.2) is 47.1 Å². The minimum Gasteiger partial charge on any atom is -0.390 e. The average Bonchev–Trinajstić information content (AvgIpc) is 2.47. The molecule has 2 N–H and O–H groups in total. The summed E-state index contributed by atoms with van der Waals surface area (Å²) < 4.78 is 1.03. The fourth-order valence-corrected chi connectivity index (χ4v) is 2.27. The molecule has 2 aromatic rings. The van der Waals surface area contributed by atoms with Gasteiger partial charge in [0.15, 0.2) is 0 Å². The molecule has 0 bridgehead atoms. The first kappa shape index (κ1) is 14.7. The molecule has 1 amide bonds. The van der Waals surface area contributed by atoms with Gasteiger partial charge < -0.3 is 10.4 Å². The van der Waals surface area contributed by atoms with Crippen molar-refractivity contribution in [2.75, 3.05) is 6.54 Å². The molecule has 0 fully saturated rings. The predicted molar refractivity (Wildman–Crippen MR) is 80.3 cm³/mol. The molecule has 4 nitrogen and oxygen atoms in total. The summed E-state index contributed by atoms with van der Waals surface area (Å²) in [4.78, 5) is 15.9. The standard InChI is InChI=1S/C15H15BrN2O2/c16-13-3-1-2-11(8-13)4-6-18-15(20)12-5-7-17-14(9-12)10-19/h1-3,5,7-9,19H,4,6,10H2,(H,18,20). The first-order valence-electron chi connectivity index (χ1n) is 6.27. The van der Waals surface area contributed by atoms with Crippen LogP contribution in [0.25, 0.3) is 0 Å². The van der Waals surface area contributed by atoms with Crippen LogP contribution in [-0.4, -0.2) is 22.5 Å². The van der Waals surface area contributed by atoms with Gasteiger partial charge in [0.25, 0.3) is 5.91 Å². The molecule has 0 aliphatic carbocycles. The van der Waals surface area contributed by atoms with E-state index in [0.717, 1.165) is 16.5 Å². The van der Waals surface area contributed by atoms with Crippen molar-refractivity contribution in [3.05, 3.63) is 63.9 Å². The number of amides is 1. The van der Waals surface area contributed by atoms with E-state index in [1.807, 2.05) is 24.3 Å². The minimum atomic E-state index is -0.167. The summed E-state index contributed by atoms with van der Waals surface area (Å²) in [6, 6.07) is 11.2. The second-order valence-corrected chi connectivity index (χ2v) is 5.25. The van der Waals surface area contributed by atoms with E-state index in [0.29, 0.717) is 17.8 Å². The Balaban J connectivity index is 1.89. The van der Waals surface area contributed by atoms with Crippen molar-refractivity contribution >= 4 is 21.8 Å². The normalized spacial score (nSPS) is 10.3. The second kappa shape index (κ2) is 7.17. The zero-order valence-corrected chi connectivity index (χ0v) is 12.4. The average molecular weight is 335 g/mol. The van der Waals surface area contributed by atoms with Crippen molar-refractivity contribution in [2.45, 2.75) is 13.0 Å². The van der Waals surface area contributed by atoms with Crippen LogP contribution in [0, 0.1) is 0 Å². The number of carbonyl (C=O) groups is 1. The fraction of sp³-hybridized carbons (Fsp3) is 0.200. The summed E-state index contributed by atoms with van der Waals surface area (Å²) in [5, 5.41) is 11.9. The fourth-order valence-electron chi connectivity index (χ4n) is 1.82. The molecule has 0 spiro atoms. The van der Waals surface area contributed by atoms with Gasteiger partial charge in [-0.3, -0.25) is 9.78 Å². The van der Waals surface area contributed by atoms with Crippen LogP contribution in [0.3, 0.4) is 0 Å². The third-order valence-electron chi connectivity index (χ3n) is 2.83. The maximum atomic E-state index is 11.9. The van der Waals surface area contributed by atoms with Crippen LogP contribution in [0.2, 0.25) is 0 Å². The molecule has 0 aliphatic rings. The zero-order valence-electron chi connectivity index (χ0n) is 10.8. The van der Waals surface area contributed by atoms with Crippen LogP contribution in [0.1, 0.15) is 21.6 Å². The minimum absolute atomic E-state index is 0.155. The Kier molecular flexibility index (Phi) is 5.26. The number of aromatic nitrogens is 1. The van der Waals surface area contributed by atoms with E-state index in [1.54, 1.807) is 12.1 Å². The highest BCUT2D eigenvalue weighted by molar-refractivity contribution is 9.10. The van der Waals surface area contributed by atoms with Crippen LogP contribution in [0.4, 0.5) is 0 Å². The summed E-state index contributed by atoms with van der Waals surface area (Å²) in [6.07, 6.45) is 2.29. The lowest BCUT2D eigenvalue weighted by Gasteiger charge is -2.06. The van der Waals surface area contributed by atoms with Crippen molar-refractivity contribution in [1.82, 2.24) is 10.3 Å². The van der Waals surface area contributed by atoms with Gasteiger partial charge in [-0.25, -0.2) is 0 Å². The summed E-state index contributed by atoms with van der Waals surface area (Å²) >= 11 is 3.42. The molecule has 0 unspecified atom stereocenters. The van der Waals surface area contributed by atoms with Gasteiger partial charge in [-0.1, -0.05) is 28.1 Å². The molecular weight excluding hydrogens is 320 g/mol. The molecule has 104 valence electrons. The summed E-state index contributed by atoms with van der Waals surface area (Å²) in [5.41, 5.74) is 2.16. The molecule has 20 heavy (non-hydrogen) atoms. The Morgan fingerprint density at radius 1 is 1.30 bits per heavy atom. The molecule has 1 heterocycles. The maximum Gasteiger partial charge on any atom is 0.251 e. The number of nitrogens with zero attached hydrogens (tertiary/aromatic N) is 1. The number of carbonyl (C=O) groups excluding carboxylic acids is 1. The van der Waals surface area contributed by atoms with E-state index >= 15 is 0 Å². The van der Waals surface area contributed by atoms with Crippen LogP contribution < -0.4 is 5.32 Å². The highest BCUT2D eigenvalue weighted by Crippen LogP contribution is 2.11. The topological polar surface area (TPSA) is 62.2 Å². The Labute approximate surface area is 126 Å². The number of benzene rings is 1. The summed E-state index contributed by atoms with van der Waals surface area (Å²) in [5.74, 6) is -0.155. The van der Waals surface area contributed by atoms with Crippen molar-refractivity contribution in [3.63, 3.8) is 0 Å². The lowest BCUT2D eigenvalue weighted by molar-refractivity contribution is 0.0954. The van der Waals surface area contributed by atoms with Gasteiger partial charge >= 0.3 is 0 Å². The Bertz CT molecular complexity index is 602. The molecule has 0 saturated heterocycles. The largest absolute Gasteiger partial charge is 0.390 e. The van der Waals surface area contributed by atoms with Crippen molar-refractivity contribution in [1.29, 1.82) is 0 Å². The van der Waals surface area contributed by atoms with Crippen LogP contribution in [-0.2, 0) is 13.0 Å². The molecule has 0 radical (unpaired) electrons. The summed E-state index contributed by atoms with van der Waals surface area (Å²) in [6.45, 7) is 0.394. The van der Waals surface area contributed by atoms with E-state index < -0.39 is 0 Å². The molecule has 1 aromatic carbocycles. The van der Waals surface area contributed by atoms with Gasteiger partial charge in [-0.15, -0.1) is 0 Å². The van der Waals surface area contributed by atoms with E-state index in [4.69, 9.17) is 5.11 Å². The number of aliphatic hydroxyl groups is 1. The Hall–Kier alpha value is -1.72. The molecule has 0 aliphatic heterocycles. The quantitative estimate of drug-likeness (QED) is 0.881. The molecule has 1 aromatic heterocycles. The van der Waals surface area contributed by atoms with Crippen molar-refractivity contribution in [2.24, 2.45) is 0 Å². The number of rotatable bonds is 5. The predicted octanol–water partition coefficient (Wildman–Crippen LogP) is 2.31. The van der Waals surface area contributed by atoms with Gasteiger partial charge in [-0.05, 0) is 36.2 Å². The maximum absolute atomic E-state index is 11.9. The van der Waals surface area contributed by atoms with E-state index in [1.165, 1.54) is 6.20 Å². The number of nitrogens with one attached hydrogen (secondary N) is 1. The first-order valence-corrected chi connectivity index (χ1v) is 7.07. The molecule has 2 rings (SSSR count). The number of hydrogen-bond acceptors (Lipinski definition) is 3. The van der Waals surface area contributed by atoms with Crippen molar-refractivity contribution in [3.8, 4) is 0 Å². The molecule has 5 heteroatoms. The highest BCUT2D eigenvalue weighted by Gasteiger charge is 2.06. The smallest absolute Gasteiger partial charge is 0.251 e.